The average molecular weight is 289 g/mol. The smallest absolute Gasteiger partial charge is 0.332 e. The predicted molar refractivity (Wildman–Crippen MR) is 77.6 cm³/mol. The number of nitrogens with zero attached hydrogens (tertiary/aromatic N) is 5. The average Bonchev–Trinajstić information content (AvgIpc) is 2.46. The SMILES string of the molecule is Cc1nc(NN)nc(N(C)Cc2ccccn2)c1[N+](=O)[O-]. The molecule has 2 aromatic heterocycles. The molecule has 0 aromatic carbocycles. The van der Waals surface area contributed by atoms with Gasteiger partial charge in [0.1, 0.15) is 5.69 Å². The molecular formula is C12H15N7O2. The molecule has 0 unspecified atom stereocenters. The molecule has 2 rings (SSSR count). The third-order valence-corrected chi connectivity index (χ3v) is 2.84. The van der Waals surface area contributed by atoms with E-state index in [-0.39, 0.29) is 23.1 Å². The molecule has 0 radical (unpaired) electrons. The van der Waals surface area contributed by atoms with E-state index in [2.05, 4.69) is 20.4 Å². The highest BCUT2D eigenvalue weighted by atomic mass is 16.6. The summed E-state index contributed by atoms with van der Waals surface area (Å²) in [6, 6.07) is 5.48. The van der Waals surface area contributed by atoms with Crippen molar-refractivity contribution in [3.05, 3.63) is 45.9 Å². The Hall–Kier alpha value is -2.81. The van der Waals surface area contributed by atoms with Gasteiger partial charge in [-0.25, -0.2) is 10.8 Å². The van der Waals surface area contributed by atoms with Crippen molar-refractivity contribution in [1.82, 2.24) is 15.0 Å². The zero-order chi connectivity index (χ0) is 15.4. The number of aryl methyl sites for hydroxylation is 1. The molecule has 110 valence electrons. The number of hydrazine groups is 1. The van der Waals surface area contributed by atoms with E-state index >= 15 is 0 Å². The summed E-state index contributed by atoms with van der Waals surface area (Å²) in [6.07, 6.45) is 1.66. The van der Waals surface area contributed by atoms with Crippen LogP contribution in [0.2, 0.25) is 0 Å². The monoisotopic (exact) mass is 289 g/mol. The zero-order valence-electron chi connectivity index (χ0n) is 11.6. The number of aromatic nitrogens is 3. The minimum absolute atomic E-state index is 0.126. The maximum atomic E-state index is 11.2. The van der Waals surface area contributed by atoms with Gasteiger partial charge in [-0.1, -0.05) is 6.07 Å². The summed E-state index contributed by atoms with van der Waals surface area (Å²) in [6.45, 7) is 1.92. The number of pyridine rings is 1. The molecule has 21 heavy (non-hydrogen) atoms. The fourth-order valence-electron chi connectivity index (χ4n) is 1.91. The van der Waals surface area contributed by atoms with Crippen molar-refractivity contribution >= 4 is 17.5 Å². The van der Waals surface area contributed by atoms with Gasteiger partial charge in [0.05, 0.1) is 17.2 Å². The van der Waals surface area contributed by atoms with Crippen LogP contribution < -0.4 is 16.2 Å². The van der Waals surface area contributed by atoms with Crippen molar-refractivity contribution in [3.63, 3.8) is 0 Å². The summed E-state index contributed by atoms with van der Waals surface area (Å²) < 4.78 is 0. The van der Waals surface area contributed by atoms with Crippen LogP contribution in [0, 0.1) is 17.0 Å². The lowest BCUT2D eigenvalue weighted by atomic mass is 10.3. The van der Waals surface area contributed by atoms with Gasteiger partial charge in [-0.3, -0.25) is 20.5 Å². The second-order valence-electron chi connectivity index (χ2n) is 4.38. The van der Waals surface area contributed by atoms with Gasteiger partial charge in [0, 0.05) is 13.2 Å². The Balaban J connectivity index is 2.41. The van der Waals surface area contributed by atoms with Gasteiger partial charge in [-0.05, 0) is 19.1 Å². The fourth-order valence-corrected chi connectivity index (χ4v) is 1.91. The number of nitrogen functional groups attached to an aromatic ring is 1. The van der Waals surface area contributed by atoms with Crippen LogP contribution in [-0.4, -0.2) is 26.9 Å². The highest BCUT2D eigenvalue weighted by Gasteiger charge is 2.24. The Labute approximate surface area is 121 Å². The molecule has 0 saturated carbocycles. The molecule has 0 amide bonds. The number of hydrogen-bond donors (Lipinski definition) is 2. The van der Waals surface area contributed by atoms with Gasteiger partial charge in [0.15, 0.2) is 0 Å². The molecule has 0 aliphatic rings. The molecule has 2 heterocycles. The molecule has 0 atom stereocenters. The van der Waals surface area contributed by atoms with Crippen molar-refractivity contribution in [2.75, 3.05) is 17.4 Å². The highest BCUT2D eigenvalue weighted by Crippen LogP contribution is 2.29. The van der Waals surface area contributed by atoms with E-state index in [9.17, 15) is 10.1 Å². The summed E-state index contributed by atoms with van der Waals surface area (Å²) >= 11 is 0. The quantitative estimate of drug-likeness (QED) is 0.475. The minimum atomic E-state index is -0.500. The van der Waals surface area contributed by atoms with E-state index < -0.39 is 4.92 Å². The second kappa shape index (κ2) is 6.09. The van der Waals surface area contributed by atoms with Crippen molar-refractivity contribution in [2.45, 2.75) is 13.5 Å². The van der Waals surface area contributed by atoms with Gasteiger partial charge in [0.2, 0.25) is 11.8 Å². The third kappa shape index (κ3) is 3.20. The van der Waals surface area contributed by atoms with E-state index in [0.29, 0.717) is 6.54 Å². The first-order valence-corrected chi connectivity index (χ1v) is 6.13. The van der Waals surface area contributed by atoms with Gasteiger partial charge in [-0.15, -0.1) is 0 Å². The van der Waals surface area contributed by atoms with Gasteiger partial charge in [0.25, 0.3) is 0 Å². The molecule has 3 N–H and O–H groups in total. The standard InChI is InChI=1S/C12H15N7O2/c1-8-10(19(20)21)11(16-12(15-8)17-13)18(2)7-9-5-3-4-6-14-9/h3-6H,7,13H2,1-2H3,(H,15,16,17). The molecule has 9 heteroatoms. The maximum absolute atomic E-state index is 11.2. The van der Waals surface area contributed by atoms with Crippen LogP contribution >= 0.6 is 0 Å². The number of anilines is 2. The number of nitrogens with one attached hydrogen (secondary N) is 1. The van der Waals surface area contributed by atoms with Crippen molar-refractivity contribution in [3.8, 4) is 0 Å². The van der Waals surface area contributed by atoms with E-state index in [1.807, 2.05) is 12.1 Å². The lowest BCUT2D eigenvalue weighted by Gasteiger charge is -2.18. The molecule has 0 bridgehead atoms. The van der Waals surface area contributed by atoms with E-state index in [1.165, 1.54) is 0 Å². The first kappa shape index (κ1) is 14.6. The van der Waals surface area contributed by atoms with Gasteiger partial charge < -0.3 is 4.90 Å². The van der Waals surface area contributed by atoms with Gasteiger partial charge >= 0.3 is 5.69 Å². The van der Waals surface area contributed by atoms with Crippen LogP contribution in [0.1, 0.15) is 11.4 Å². The molecule has 0 aliphatic heterocycles. The van der Waals surface area contributed by atoms with Crippen molar-refractivity contribution in [1.29, 1.82) is 0 Å². The lowest BCUT2D eigenvalue weighted by Crippen LogP contribution is -2.22. The van der Waals surface area contributed by atoms with Crippen molar-refractivity contribution in [2.24, 2.45) is 5.84 Å². The Morgan fingerprint density at radius 1 is 1.43 bits per heavy atom. The molecule has 0 fully saturated rings. The van der Waals surface area contributed by atoms with Crippen LogP contribution in [0.5, 0.6) is 0 Å². The largest absolute Gasteiger partial charge is 0.348 e. The summed E-state index contributed by atoms with van der Waals surface area (Å²) in [4.78, 5) is 24.6. The van der Waals surface area contributed by atoms with E-state index in [0.717, 1.165) is 5.69 Å². The summed E-state index contributed by atoms with van der Waals surface area (Å²) in [5.74, 6) is 5.60. The Bertz CT molecular complexity index is 648. The molecular weight excluding hydrogens is 274 g/mol. The number of rotatable bonds is 5. The van der Waals surface area contributed by atoms with Crippen LogP contribution in [0.25, 0.3) is 0 Å². The molecule has 0 spiro atoms. The first-order valence-electron chi connectivity index (χ1n) is 6.13. The molecule has 0 saturated heterocycles. The third-order valence-electron chi connectivity index (χ3n) is 2.84. The number of hydrogen-bond acceptors (Lipinski definition) is 8. The van der Waals surface area contributed by atoms with Crippen LogP contribution in [0.4, 0.5) is 17.5 Å². The Morgan fingerprint density at radius 2 is 2.19 bits per heavy atom. The van der Waals surface area contributed by atoms with Crippen LogP contribution in [0.3, 0.4) is 0 Å². The first-order chi connectivity index (χ1) is 10.0. The van der Waals surface area contributed by atoms with E-state index in [4.69, 9.17) is 5.84 Å². The van der Waals surface area contributed by atoms with Crippen LogP contribution in [-0.2, 0) is 6.54 Å². The summed E-state index contributed by atoms with van der Waals surface area (Å²) in [7, 11) is 1.70. The maximum Gasteiger partial charge on any atom is 0.332 e. The lowest BCUT2D eigenvalue weighted by molar-refractivity contribution is -0.385. The topological polar surface area (TPSA) is 123 Å². The summed E-state index contributed by atoms with van der Waals surface area (Å²) in [5, 5.41) is 11.2. The number of nitro groups is 1. The highest BCUT2D eigenvalue weighted by molar-refractivity contribution is 5.62. The number of nitrogens with two attached hydrogens (primary N) is 1. The Kier molecular flexibility index (Phi) is 4.24. The minimum Gasteiger partial charge on any atom is -0.348 e. The predicted octanol–water partition coefficient (Wildman–Crippen LogP) is 1.01. The Morgan fingerprint density at radius 3 is 2.76 bits per heavy atom. The molecule has 9 nitrogen and oxygen atoms in total. The fraction of sp³-hybridized carbons (Fsp3) is 0.250. The van der Waals surface area contributed by atoms with Crippen LogP contribution in [0.15, 0.2) is 24.4 Å². The van der Waals surface area contributed by atoms with Gasteiger partial charge in [-0.2, -0.15) is 4.98 Å². The van der Waals surface area contributed by atoms with Crippen molar-refractivity contribution < 1.29 is 4.92 Å². The summed E-state index contributed by atoms with van der Waals surface area (Å²) in [5.41, 5.74) is 3.17. The molecule has 0 aliphatic carbocycles. The molecule has 2 aromatic rings. The second-order valence-corrected chi connectivity index (χ2v) is 4.38. The van der Waals surface area contributed by atoms with E-state index in [1.54, 1.807) is 31.1 Å². The zero-order valence-corrected chi connectivity index (χ0v) is 11.6. The normalized spacial score (nSPS) is 10.2.